The fraction of sp³-hybridized carbons (Fsp3) is 0.516. The first-order chi connectivity index (χ1) is 19.5. The van der Waals surface area contributed by atoms with E-state index in [1.54, 1.807) is 0 Å². The third-order valence-corrected chi connectivity index (χ3v) is 8.83. The van der Waals surface area contributed by atoms with Crippen molar-refractivity contribution in [1.29, 1.82) is 0 Å². The molecule has 1 N–H and O–H groups in total. The van der Waals surface area contributed by atoms with Crippen molar-refractivity contribution in [3.8, 4) is 5.75 Å². The molecular weight excluding hydrogens is 504 g/mol. The number of aliphatic imine (C=N–C) groups is 2. The fourth-order valence-electron chi connectivity index (χ4n) is 6.73. The number of fused-ring (bicyclic) bond motifs is 2. The minimum atomic E-state index is -0.0159. The lowest BCUT2D eigenvalue weighted by atomic mass is 9.88. The van der Waals surface area contributed by atoms with Gasteiger partial charge in [0.2, 0.25) is 5.91 Å². The average Bonchev–Trinajstić information content (AvgIpc) is 2.98. The van der Waals surface area contributed by atoms with Crippen LogP contribution in [0.1, 0.15) is 19.3 Å². The van der Waals surface area contributed by atoms with E-state index in [1.807, 2.05) is 35.2 Å². The highest BCUT2D eigenvalue weighted by Gasteiger charge is 2.40. The second kappa shape index (κ2) is 11.5. The van der Waals surface area contributed by atoms with E-state index in [0.29, 0.717) is 31.6 Å². The van der Waals surface area contributed by atoms with Gasteiger partial charge < -0.3 is 29.4 Å². The highest BCUT2D eigenvalue weighted by Crippen LogP contribution is 2.36. The van der Waals surface area contributed by atoms with Crippen molar-refractivity contribution in [2.45, 2.75) is 25.3 Å². The maximum absolute atomic E-state index is 12.2. The van der Waals surface area contributed by atoms with Crippen molar-refractivity contribution in [1.82, 2.24) is 14.7 Å². The van der Waals surface area contributed by atoms with E-state index in [1.165, 1.54) is 12.5 Å². The van der Waals surface area contributed by atoms with Crippen LogP contribution in [0.25, 0.3) is 10.8 Å². The van der Waals surface area contributed by atoms with Crippen molar-refractivity contribution < 1.29 is 14.6 Å². The molecule has 0 bridgehead atoms. The summed E-state index contributed by atoms with van der Waals surface area (Å²) in [4.78, 5) is 31.2. The highest BCUT2D eigenvalue weighted by molar-refractivity contribution is 5.99. The maximum Gasteiger partial charge on any atom is 0.313 e. The molecule has 9 heteroatoms. The minimum absolute atomic E-state index is 0.000715. The molecule has 9 nitrogen and oxygen atoms in total. The molecule has 4 aliphatic heterocycles. The number of hydrogen-bond donors (Lipinski definition) is 1. The van der Waals surface area contributed by atoms with E-state index in [0.717, 1.165) is 74.4 Å². The number of phenolic OH excluding ortho intramolecular Hbond substituents is 1. The van der Waals surface area contributed by atoms with Crippen molar-refractivity contribution >= 4 is 34.2 Å². The molecule has 0 spiro atoms. The molecular formula is C31H40N6O3. The van der Waals surface area contributed by atoms with E-state index in [4.69, 9.17) is 14.7 Å². The van der Waals surface area contributed by atoms with Crippen molar-refractivity contribution in [3.05, 3.63) is 49.1 Å². The lowest BCUT2D eigenvalue weighted by Gasteiger charge is -2.44. The largest absolute Gasteiger partial charge is 0.508 e. The summed E-state index contributed by atoms with van der Waals surface area (Å²) in [6.45, 7) is 10.8. The zero-order chi connectivity index (χ0) is 27.6. The molecule has 0 aliphatic carbocycles. The molecule has 0 radical (unpaired) electrons. The molecule has 3 fully saturated rings. The summed E-state index contributed by atoms with van der Waals surface area (Å²) in [6.07, 6.45) is 4.66. The number of benzene rings is 2. The van der Waals surface area contributed by atoms with Crippen LogP contribution in [0.3, 0.4) is 0 Å². The summed E-state index contributed by atoms with van der Waals surface area (Å²) >= 11 is 0. The van der Waals surface area contributed by atoms with Crippen LogP contribution in [-0.4, -0.2) is 110 Å². The Labute approximate surface area is 236 Å². The molecule has 4 heterocycles. The monoisotopic (exact) mass is 544 g/mol. The maximum atomic E-state index is 12.2. The predicted octanol–water partition coefficient (Wildman–Crippen LogP) is 3.20. The predicted molar refractivity (Wildman–Crippen MR) is 159 cm³/mol. The summed E-state index contributed by atoms with van der Waals surface area (Å²) in [5.74, 6) is 1.97. The molecule has 3 saturated heterocycles. The second-order valence-electron chi connectivity index (χ2n) is 11.6. The smallest absolute Gasteiger partial charge is 0.313 e. The first-order valence-corrected chi connectivity index (χ1v) is 14.6. The van der Waals surface area contributed by atoms with E-state index in [9.17, 15) is 9.90 Å². The molecule has 212 valence electrons. The second-order valence-corrected chi connectivity index (χ2v) is 11.6. The Balaban J connectivity index is 1.24. The van der Waals surface area contributed by atoms with Gasteiger partial charge in [-0.3, -0.25) is 4.79 Å². The average molecular weight is 545 g/mol. The van der Waals surface area contributed by atoms with Crippen LogP contribution < -0.4 is 4.90 Å². The van der Waals surface area contributed by atoms with E-state index in [-0.39, 0.29) is 23.6 Å². The van der Waals surface area contributed by atoms with Crippen molar-refractivity contribution in [2.75, 3.05) is 70.9 Å². The summed E-state index contributed by atoms with van der Waals surface area (Å²) in [5.41, 5.74) is 1.04. The summed E-state index contributed by atoms with van der Waals surface area (Å²) < 4.78 is 6.32. The molecule has 40 heavy (non-hydrogen) atoms. The number of anilines is 1. The highest BCUT2D eigenvalue weighted by atomic mass is 16.5. The Kier molecular flexibility index (Phi) is 7.65. The van der Waals surface area contributed by atoms with E-state index < -0.39 is 0 Å². The Bertz CT molecular complexity index is 1320. The van der Waals surface area contributed by atoms with Gasteiger partial charge in [0.25, 0.3) is 0 Å². The number of piperidine rings is 2. The molecule has 2 aromatic rings. The van der Waals surface area contributed by atoms with Crippen LogP contribution in [0, 0.1) is 11.8 Å². The molecule has 3 unspecified atom stereocenters. The van der Waals surface area contributed by atoms with Crippen LogP contribution in [0.2, 0.25) is 0 Å². The van der Waals surface area contributed by atoms with Gasteiger partial charge in [-0.2, -0.15) is 4.99 Å². The molecule has 0 aromatic heterocycles. The van der Waals surface area contributed by atoms with Crippen LogP contribution in [0.15, 0.2) is 59.0 Å². The van der Waals surface area contributed by atoms with Gasteiger partial charge in [-0.25, -0.2) is 4.99 Å². The van der Waals surface area contributed by atoms with Gasteiger partial charge in [0.15, 0.2) is 0 Å². The number of piperazine rings is 1. The minimum Gasteiger partial charge on any atom is -0.508 e. The van der Waals surface area contributed by atoms with Crippen molar-refractivity contribution in [2.24, 2.45) is 21.8 Å². The zero-order valence-corrected chi connectivity index (χ0v) is 23.4. The Morgan fingerprint density at radius 2 is 1.90 bits per heavy atom. The molecule has 3 atom stereocenters. The molecule has 6 rings (SSSR count). The van der Waals surface area contributed by atoms with Crippen LogP contribution in [-0.2, 0) is 9.53 Å². The number of nitrogens with zero attached hydrogens (tertiary/aromatic N) is 6. The Hall–Kier alpha value is -3.59. The fourth-order valence-corrected chi connectivity index (χ4v) is 6.73. The third kappa shape index (κ3) is 5.52. The quantitative estimate of drug-likeness (QED) is 0.596. The number of carbonyl (C=O) groups excluding carboxylic acids is 1. The Morgan fingerprint density at radius 1 is 1.07 bits per heavy atom. The van der Waals surface area contributed by atoms with Crippen LogP contribution >= 0.6 is 0 Å². The lowest BCUT2D eigenvalue weighted by molar-refractivity contribution is -0.127. The molecule has 4 aliphatic rings. The lowest BCUT2D eigenvalue weighted by Crippen LogP contribution is -2.56. The van der Waals surface area contributed by atoms with Gasteiger partial charge in [0.1, 0.15) is 11.6 Å². The number of aromatic hydroxyl groups is 1. The van der Waals surface area contributed by atoms with Gasteiger partial charge in [-0.05, 0) is 50.4 Å². The third-order valence-electron chi connectivity index (χ3n) is 8.83. The van der Waals surface area contributed by atoms with Gasteiger partial charge in [0, 0.05) is 74.8 Å². The number of carbonyl (C=O) groups is 1. The van der Waals surface area contributed by atoms with E-state index >= 15 is 0 Å². The number of amides is 1. The van der Waals surface area contributed by atoms with Crippen molar-refractivity contribution in [3.63, 3.8) is 0 Å². The summed E-state index contributed by atoms with van der Waals surface area (Å²) in [5, 5.41) is 12.6. The SMILES string of the molecule is C=CC(=O)N1CCN(C2=NC(OCC3CCCN(C)C3)=NC3CN(c4cc(O)cc5ccccc45)CCC23)CC1. The van der Waals surface area contributed by atoms with Crippen LogP contribution in [0.5, 0.6) is 5.75 Å². The topological polar surface area (TPSA) is 84.2 Å². The molecule has 1 amide bonds. The van der Waals surface area contributed by atoms with Gasteiger partial charge in [-0.1, -0.05) is 30.8 Å². The molecule has 2 aromatic carbocycles. The number of hydrogen-bond acceptors (Lipinski definition) is 8. The first-order valence-electron chi connectivity index (χ1n) is 14.6. The van der Waals surface area contributed by atoms with Gasteiger partial charge >= 0.3 is 6.02 Å². The van der Waals surface area contributed by atoms with Crippen LogP contribution in [0.4, 0.5) is 5.69 Å². The normalized spacial score (nSPS) is 25.7. The molecule has 0 saturated carbocycles. The van der Waals surface area contributed by atoms with Gasteiger partial charge in [-0.15, -0.1) is 0 Å². The summed E-state index contributed by atoms with van der Waals surface area (Å²) in [7, 11) is 2.17. The zero-order valence-electron chi connectivity index (χ0n) is 23.4. The first kappa shape index (κ1) is 26.6. The number of rotatable bonds is 4. The summed E-state index contributed by atoms with van der Waals surface area (Å²) in [6, 6.07) is 12.4. The Morgan fingerprint density at radius 3 is 2.70 bits per heavy atom. The number of likely N-dealkylation sites (tertiary alicyclic amines) is 1. The number of phenols is 1. The number of amidine groups is 2. The van der Waals surface area contributed by atoms with Gasteiger partial charge in [0.05, 0.1) is 12.6 Å². The number of ether oxygens (including phenoxy) is 1. The van der Waals surface area contributed by atoms with E-state index in [2.05, 4.69) is 34.4 Å². The standard InChI is InChI=1S/C31H40N6O3/c1-3-29(39)35-13-15-36(16-14-35)30-26-10-12-37(28-18-24(38)17-23-8-4-5-9-25(23)28)20-27(26)32-31(33-30)40-21-22-7-6-11-34(2)19-22/h3-5,8-9,17-18,22,26-27,38H,1,6-7,10-16,19-21H2,2H3.